The van der Waals surface area contributed by atoms with E-state index in [1.807, 2.05) is 24.3 Å². The van der Waals surface area contributed by atoms with E-state index in [2.05, 4.69) is 5.32 Å². The summed E-state index contributed by atoms with van der Waals surface area (Å²) in [5, 5.41) is 2.84. The van der Waals surface area contributed by atoms with Gasteiger partial charge in [0.1, 0.15) is 6.10 Å². The molecule has 1 aliphatic rings. The lowest BCUT2D eigenvalue weighted by molar-refractivity contribution is -0.143. The first-order valence-electron chi connectivity index (χ1n) is 8.03. The Bertz CT molecular complexity index is 530. The fourth-order valence-electron chi connectivity index (χ4n) is 2.53. The van der Waals surface area contributed by atoms with Crippen LogP contribution in [0.5, 0.6) is 0 Å². The standard InChI is InChI=1S/C17H24N2O4/c1-2-22-16(20)10-5-12-3-6-13(7-4-12)19-17(21)15-9-8-14(11-18)23-15/h3-4,6-7,14-15H,2,5,8-11,18H2,1H3,(H,19,21)/t14-,15+/m1/s1. The Hall–Kier alpha value is -1.92. The molecule has 3 N–H and O–H groups in total. The van der Waals surface area contributed by atoms with Crippen molar-refractivity contribution in [1.82, 2.24) is 0 Å². The van der Waals surface area contributed by atoms with E-state index < -0.39 is 6.10 Å². The quantitative estimate of drug-likeness (QED) is 0.745. The molecule has 126 valence electrons. The summed E-state index contributed by atoms with van der Waals surface area (Å²) in [6, 6.07) is 7.45. The molecule has 0 saturated carbocycles. The van der Waals surface area contributed by atoms with Crippen LogP contribution in [0.25, 0.3) is 0 Å². The summed E-state index contributed by atoms with van der Waals surface area (Å²) in [6.07, 6.45) is 2.06. The molecule has 0 aliphatic carbocycles. The van der Waals surface area contributed by atoms with E-state index in [0.717, 1.165) is 17.7 Å². The first kappa shape index (κ1) is 17.4. The lowest BCUT2D eigenvalue weighted by Gasteiger charge is -2.13. The maximum Gasteiger partial charge on any atom is 0.306 e. The Morgan fingerprint density at radius 2 is 2.04 bits per heavy atom. The molecule has 1 aromatic carbocycles. The van der Waals surface area contributed by atoms with Crippen LogP contribution in [0.15, 0.2) is 24.3 Å². The second-order valence-corrected chi connectivity index (χ2v) is 5.55. The van der Waals surface area contributed by atoms with Crippen LogP contribution in [0.1, 0.15) is 31.7 Å². The number of nitrogens with two attached hydrogens (primary N) is 1. The van der Waals surface area contributed by atoms with E-state index in [0.29, 0.717) is 32.4 Å². The van der Waals surface area contributed by atoms with Crippen LogP contribution in [0.2, 0.25) is 0 Å². The van der Waals surface area contributed by atoms with Crippen molar-refractivity contribution in [2.75, 3.05) is 18.5 Å². The molecule has 2 atom stereocenters. The first-order chi connectivity index (χ1) is 11.1. The maximum absolute atomic E-state index is 12.1. The largest absolute Gasteiger partial charge is 0.466 e. The fraction of sp³-hybridized carbons (Fsp3) is 0.529. The average Bonchev–Trinajstić information content (AvgIpc) is 3.04. The minimum absolute atomic E-state index is 0.0176. The van der Waals surface area contributed by atoms with Crippen LogP contribution in [-0.2, 0) is 25.5 Å². The van der Waals surface area contributed by atoms with Crippen molar-refractivity contribution in [2.45, 2.75) is 44.8 Å². The number of ether oxygens (including phenoxy) is 2. The molecule has 1 aliphatic heterocycles. The highest BCUT2D eigenvalue weighted by molar-refractivity contribution is 5.94. The molecule has 0 unspecified atom stereocenters. The monoisotopic (exact) mass is 320 g/mol. The number of benzene rings is 1. The Morgan fingerprint density at radius 1 is 1.30 bits per heavy atom. The molecule has 1 heterocycles. The normalized spacial score (nSPS) is 20.3. The van der Waals surface area contributed by atoms with Gasteiger partial charge < -0.3 is 20.5 Å². The van der Waals surface area contributed by atoms with E-state index in [9.17, 15) is 9.59 Å². The van der Waals surface area contributed by atoms with Crippen molar-refractivity contribution in [3.05, 3.63) is 29.8 Å². The van der Waals surface area contributed by atoms with Gasteiger partial charge in [-0.3, -0.25) is 9.59 Å². The van der Waals surface area contributed by atoms with Gasteiger partial charge in [-0.1, -0.05) is 12.1 Å². The summed E-state index contributed by atoms with van der Waals surface area (Å²) in [4.78, 5) is 23.4. The minimum atomic E-state index is -0.424. The van der Waals surface area contributed by atoms with Crippen LogP contribution in [-0.4, -0.2) is 37.2 Å². The zero-order chi connectivity index (χ0) is 16.7. The molecular formula is C17H24N2O4. The minimum Gasteiger partial charge on any atom is -0.466 e. The van der Waals surface area contributed by atoms with Crippen LogP contribution in [0.3, 0.4) is 0 Å². The van der Waals surface area contributed by atoms with E-state index in [4.69, 9.17) is 15.2 Å². The molecule has 6 nitrogen and oxygen atoms in total. The van der Waals surface area contributed by atoms with Crippen molar-refractivity contribution >= 4 is 17.6 Å². The zero-order valence-corrected chi connectivity index (χ0v) is 13.4. The van der Waals surface area contributed by atoms with E-state index in [1.165, 1.54) is 0 Å². The number of anilines is 1. The Morgan fingerprint density at radius 3 is 2.65 bits per heavy atom. The summed E-state index contributed by atoms with van der Waals surface area (Å²) in [5.74, 6) is -0.335. The van der Waals surface area contributed by atoms with Crippen molar-refractivity contribution in [1.29, 1.82) is 0 Å². The maximum atomic E-state index is 12.1. The number of aryl methyl sites for hydroxylation is 1. The SMILES string of the molecule is CCOC(=O)CCc1ccc(NC(=O)[C@@H]2CC[C@H](CN)O2)cc1. The van der Waals surface area contributed by atoms with Gasteiger partial charge in [0.25, 0.3) is 5.91 Å². The number of nitrogens with one attached hydrogen (secondary N) is 1. The molecule has 1 saturated heterocycles. The van der Waals surface area contributed by atoms with Gasteiger partial charge >= 0.3 is 5.97 Å². The lowest BCUT2D eigenvalue weighted by atomic mass is 10.1. The van der Waals surface area contributed by atoms with Gasteiger partial charge in [0.05, 0.1) is 12.7 Å². The predicted molar refractivity (Wildman–Crippen MR) is 87.0 cm³/mol. The van der Waals surface area contributed by atoms with Gasteiger partial charge in [-0.25, -0.2) is 0 Å². The molecule has 6 heteroatoms. The number of carbonyl (C=O) groups excluding carboxylic acids is 2. The average molecular weight is 320 g/mol. The molecule has 23 heavy (non-hydrogen) atoms. The number of hydrogen-bond donors (Lipinski definition) is 2. The zero-order valence-electron chi connectivity index (χ0n) is 13.4. The van der Waals surface area contributed by atoms with E-state index in [1.54, 1.807) is 6.92 Å². The van der Waals surface area contributed by atoms with Crippen LogP contribution < -0.4 is 11.1 Å². The van der Waals surface area contributed by atoms with Gasteiger partial charge in [-0.05, 0) is 43.9 Å². The predicted octanol–water partition coefficient (Wildman–Crippen LogP) is 1.63. The highest BCUT2D eigenvalue weighted by Gasteiger charge is 2.29. The summed E-state index contributed by atoms with van der Waals surface area (Å²) in [7, 11) is 0. The molecule has 1 fully saturated rings. The summed E-state index contributed by atoms with van der Waals surface area (Å²) >= 11 is 0. The number of amides is 1. The molecule has 1 aromatic rings. The topological polar surface area (TPSA) is 90.7 Å². The second kappa shape index (κ2) is 8.64. The van der Waals surface area contributed by atoms with Crippen molar-refractivity contribution < 1.29 is 19.1 Å². The molecule has 0 aromatic heterocycles. The van der Waals surface area contributed by atoms with Crippen molar-refractivity contribution in [3.8, 4) is 0 Å². The van der Waals surface area contributed by atoms with E-state index >= 15 is 0 Å². The summed E-state index contributed by atoms with van der Waals surface area (Å²) in [5.41, 5.74) is 7.29. The lowest BCUT2D eigenvalue weighted by Crippen LogP contribution is -2.29. The fourth-order valence-corrected chi connectivity index (χ4v) is 2.53. The number of esters is 1. The Kier molecular flexibility index (Phi) is 6.55. The Balaban J connectivity index is 1.80. The third-order valence-corrected chi connectivity index (χ3v) is 3.81. The van der Waals surface area contributed by atoms with Crippen LogP contribution in [0, 0.1) is 0 Å². The first-order valence-corrected chi connectivity index (χ1v) is 8.03. The molecular weight excluding hydrogens is 296 g/mol. The van der Waals surface area contributed by atoms with Crippen molar-refractivity contribution in [2.24, 2.45) is 5.73 Å². The van der Waals surface area contributed by atoms with Crippen LogP contribution >= 0.6 is 0 Å². The molecule has 1 amide bonds. The smallest absolute Gasteiger partial charge is 0.306 e. The summed E-state index contributed by atoms with van der Waals surface area (Å²) in [6.45, 7) is 2.64. The molecule has 0 bridgehead atoms. The van der Waals surface area contributed by atoms with Gasteiger partial charge in [0.2, 0.25) is 0 Å². The molecule has 2 rings (SSSR count). The number of hydrogen-bond acceptors (Lipinski definition) is 5. The van der Waals surface area contributed by atoms with Gasteiger partial charge in [-0.15, -0.1) is 0 Å². The van der Waals surface area contributed by atoms with E-state index in [-0.39, 0.29) is 18.0 Å². The molecule has 0 spiro atoms. The number of rotatable bonds is 7. The Labute approximate surface area is 136 Å². The highest BCUT2D eigenvalue weighted by atomic mass is 16.5. The van der Waals surface area contributed by atoms with Gasteiger partial charge in [0.15, 0.2) is 0 Å². The van der Waals surface area contributed by atoms with Gasteiger partial charge in [0, 0.05) is 18.7 Å². The third kappa shape index (κ3) is 5.33. The van der Waals surface area contributed by atoms with Gasteiger partial charge in [-0.2, -0.15) is 0 Å². The highest BCUT2D eigenvalue weighted by Crippen LogP contribution is 2.20. The summed E-state index contributed by atoms with van der Waals surface area (Å²) < 4.78 is 10.5. The molecule has 0 radical (unpaired) electrons. The van der Waals surface area contributed by atoms with Crippen molar-refractivity contribution in [3.63, 3.8) is 0 Å². The number of carbonyl (C=O) groups is 2. The third-order valence-electron chi connectivity index (χ3n) is 3.81. The second-order valence-electron chi connectivity index (χ2n) is 5.55. The van der Waals surface area contributed by atoms with Crippen LogP contribution in [0.4, 0.5) is 5.69 Å².